The Hall–Kier alpha value is -1.69. The minimum absolute atomic E-state index is 0.0165. The third-order valence-electron chi connectivity index (χ3n) is 2.54. The Labute approximate surface area is 110 Å². The maximum atomic E-state index is 12.1. The van der Waals surface area contributed by atoms with Crippen LogP contribution < -0.4 is 15.8 Å². The molecule has 1 aromatic rings. The third kappa shape index (κ3) is 4.82. The van der Waals surface area contributed by atoms with Crippen molar-refractivity contribution < 1.29 is 18.3 Å². The summed E-state index contributed by atoms with van der Waals surface area (Å²) in [5, 5.41) is 2.57. The van der Waals surface area contributed by atoms with E-state index in [0.29, 0.717) is 5.69 Å². The maximum Gasteiger partial charge on any atom is 0.387 e. The number of carbonyl (C=O) groups excluding carboxylic acids is 1. The molecule has 3 N–H and O–H groups in total. The molecule has 1 atom stereocenters. The van der Waals surface area contributed by atoms with Crippen LogP contribution >= 0.6 is 0 Å². The number of rotatable bonds is 4. The largest absolute Gasteiger partial charge is 0.435 e. The van der Waals surface area contributed by atoms with Crippen molar-refractivity contribution in [2.75, 3.05) is 5.32 Å². The summed E-state index contributed by atoms with van der Waals surface area (Å²) in [4.78, 5) is 11.9. The Morgan fingerprint density at radius 2 is 2.00 bits per heavy atom. The molecular weight excluding hydrogens is 254 g/mol. The fraction of sp³-hybridized carbons (Fsp3) is 0.462. The number of hydrogen-bond acceptors (Lipinski definition) is 3. The molecule has 1 rings (SSSR count). The van der Waals surface area contributed by atoms with Crippen LogP contribution in [0.2, 0.25) is 0 Å². The number of nitrogens with two attached hydrogens (primary N) is 1. The van der Waals surface area contributed by atoms with Crippen LogP contribution in [0.4, 0.5) is 14.5 Å². The predicted molar refractivity (Wildman–Crippen MR) is 69.1 cm³/mol. The highest BCUT2D eigenvalue weighted by Gasteiger charge is 2.27. The second-order valence-electron chi connectivity index (χ2n) is 5.24. The summed E-state index contributed by atoms with van der Waals surface area (Å²) in [5.74, 6) is -0.390. The van der Waals surface area contributed by atoms with E-state index in [4.69, 9.17) is 5.73 Å². The molecule has 0 aliphatic carbocycles. The Bertz CT molecular complexity index is 445. The first-order chi connectivity index (χ1) is 8.70. The van der Waals surface area contributed by atoms with Gasteiger partial charge in [0.1, 0.15) is 5.75 Å². The molecule has 6 heteroatoms. The fourth-order valence-electron chi connectivity index (χ4n) is 1.36. The summed E-state index contributed by atoms with van der Waals surface area (Å²) in [7, 11) is 0. The molecule has 0 aromatic heterocycles. The SMILES string of the molecule is CC(C)(C)[C@@H](N)C(=O)Nc1cccc(OC(F)F)c1. The summed E-state index contributed by atoms with van der Waals surface area (Å²) in [6.07, 6.45) is 0. The van der Waals surface area contributed by atoms with E-state index in [9.17, 15) is 13.6 Å². The van der Waals surface area contributed by atoms with Crippen LogP contribution in [-0.4, -0.2) is 18.6 Å². The number of benzene rings is 1. The monoisotopic (exact) mass is 272 g/mol. The van der Waals surface area contributed by atoms with Gasteiger partial charge in [-0.1, -0.05) is 26.8 Å². The Morgan fingerprint density at radius 3 is 2.53 bits per heavy atom. The first kappa shape index (κ1) is 15.4. The van der Waals surface area contributed by atoms with E-state index in [-0.39, 0.29) is 17.1 Å². The van der Waals surface area contributed by atoms with Crippen molar-refractivity contribution in [2.45, 2.75) is 33.4 Å². The molecule has 0 aliphatic heterocycles. The normalized spacial score (nSPS) is 13.2. The summed E-state index contributed by atoms with van der Waals surface area (Å²) in [5.41, 5.74) is 5.77. The highest BCUT2D eigenvalue weighted by Crippen LogP contribution is 2.22. The molecular formula is C13H18F2N2O2. The van der Waals surface area contributed by atoms with Crippen LogP contribution in [0, 0.1) is 5.41 Å². The number of nitrogens with one attached hydrogen (secondary N) is 1. The van der Waals surface area contributed by atoms with E-state index in [2.05, 4.69) is 10.1 Å². The average molecular weight is 272 g/mol. The van der Waals surface area contributed by atoms with Gasteiger partial charge in [0.25, 0.3) is 0 Å². The number of alkyl halides is 2. The summed E-state index contributed by atoms with van der Waals surface area (Å²) in [6, 6.07) is 5.08. The molecule has 0 aliphatic rings. The summed E-state index contributed by atoms with van der Waals surface area (Å²) in [6.45, 7) is 2.62. The number of hydrogen-bond donors (Lipinski definition) is 2. The summed E-state index contributed by atoms with van der Waals surface area (Å²) >= 11 is 0. The van der Waals surface area contributed by atoms with Crippen molar-refractivity contribution in [3.8, 4) is 5.75 Å². The quantitative estimate of drug-likeness (QED) is 0.885. The zero-order valence-electron chi connectivity index (χ0n) is 11.1. The van der Waals surface area contributed by atoms with Crippen molar-refractivity contribution in [3.63, 3.8) is 0 Å². The van der Waals surface area contributed by atoms with E-state index in [1.54, 1.807) is 6.07 Å². The van der Waals surface area contributed by atoms with Crippen molar-refractivity contribution in [1.82, 2.24) is 0 Å². The van der Waals surface area contributed by atoms with Crippen molar-refractivity contribution in [3.05, 3.63) is 24.3 Å². The molecule has 19 heavy (non-hydrogen) atoms. The van der Waals surface area contributed by atoms with Crippen molar-refractivity contribution >= 4 is 11.6 Å². The maximum absolute atomic E-state index is 12.1. The van der Waals surface area contributed by atoms with Gasteiger partial charge >= 0.3 is 6.61 Å². The molecule has 1 amide bonds. The van der Waals surface area contributed by atoms with E-state index < -0.39 is 12.7 Å². The van der Waals surface area contributed by atoms with E-state index in [1.165, 1.54) is 18.2 Å². The second kappa shape index (κ2) is 5.97. The van der Waals surface area contributed by atoms with Gasteiger partial charge in [0.15, 0.2) is 0 Å². The van der Waals surface area contributed by atoms with Crippen molar-refractivity contribution in [1.29, 1.82) is 0 Å². The Balaban J connectivity index is 2.75. The minimum Gasteiger partial charge on any atom is -0.435 e. The van der Waals surface area contributed by atoms with Gasteiger partial charge in [-0.25, -0.2) is 0 Å². The molecule has 0 unspecified atom stereocenters. The van der Waals surface area contributed by atoms with Gasteiger partial charge in [-0.05, 0) is 17.5 Å². The lowest BCUT2D eigenvalue weighted by Crippen LogP contribution is -2.45. The number of ether oxygens (including phenoxy) is 1. The zero-order valence-corrected chi connectivity index (χ0v) is 11.1. The minimum atomic E-state index is -2.90. The number of halogens is 2. The molecule has 106 valence electrons. The van der Waals surface area contributed by atoms with E-state index in [1.807, 2.05) is 20.8 Å². The zero-order chi connectivity index (χ0) is 14.6. The first-order valence-corrected chi connectivity index (χ1v) is 5.81. The first-order valence-electron chi connectivity index (χ1n) is 5.81. The highest BCUT2D eigenvalue weighted by atomic mass is 19.3. The topological polar surface area (TPSA) is 64.4 Å². The van der Waals surface area contributed by atoms with Crippen LogP contribution in [0.5, 0.6) is 5.75 Å². The molecule has 0 saturated heterocycles. The smallest absolute Gasteiger partial charge is 0.387 e. The van der Waals surface area contributed by atoms with Crippen LogP contribution in [0.1, 0.15) is 20.8 Å². The van der Waals surface area contributed by atoms with Crippen LogP contribution in [0.3, 0.4) is 0 Å². The molecule has 0 spiro atoms. The Kier molecular flexibility index (Phi) is 4.83. The lowest BCUT2D eigenvalue weighted by molar-refractivity contribution is -0.119. The Morgan fingerprint density at radius 1 is 1.37 bits per heavy atom. The van der Waals surface area contributed by atoms with Crippen LogP contribution in [0.25, 0.3) is 0 Å². The van der Waals surface area contributed by atoms with Gasteiger partial charge in [0.2, 0.25) is 5.91 Å². The molecule has 0 saturated carbocycles. The van der Waals surface area contributed by atoms with Crippen LogP contribution in [-0.2, 0) is 4.79 Å². The van der Waals surface area contributed by atoms with Gasteiger partial charge in [0, 0.05) is 11.8 Å². The van der Waals surface area contributed by atoms with Gasteiger partial charge in [-0.3, -0.25) is 4.79 Å². The van der Waals surface area contributed by atoms with Gasteiger partial charge in [-0.2, -0.15) is 8.78 Å². The molecule has 0 heterocycles. The molecule has 4 nitrogen and oxygen atoms in total. The lowest BCUT2D eigenvalue weighted by Gasteiger charge is -2.25. The highest BCUT2D eigenvalue weighted by molar-refractivity contribution is 5.95. The van der Waals surface area contributed by atoms with Crippen molar-refractivity contribution in [2.24, 2.45) is 11.1 Å². The van der Waals surface area contributed by atoms with Gasteiger partial charge < -0.3 is 15.8 Å². The van der Waals surface area contributed by atoms with Crippen LogP contribution in [0.15, 0.2) is 24.3 Å². The fourth-order valence-corrected chi connectivity index (χ4v) is 1.36. The molecule has 0 fully saturated rings. The van der Waals surface area contributed by atoms with E-state index in [0.717, 1.165) is 0 Å². The second-order valence-corrected chi connectivity index (χ2v) is 5.24. The summed E-state index contributed by atoms with van der Waals surface area (Å²) < 4.78 is 28.4. The van der Waals surface area contributed by atoms with E-state index >= 15 is 0 Å². The molecule has 0 radical (unpaired) electrons. The van der Waals surface area contributed by atoms with Gasteiger partial charge in [-0.15, -0.1) is 0 Å². The third-order valence-corrected chi connectivity index (χ3v) is 2.54. The predicted octanol–water partition coefficient (Wildman–Crippen LogP) is 2.60. The standard InChI is InChI=1S/C13H18F2N2O2/c1-13(2,3)10(16)11(18)17-8-5-4-6-9(7-8)19-12(14)15/h4-7,10,12H,16H2,1-3H3,(H,17,18)/t10-/m0/s1. The number of amides is 1. The lowest BCUT2D eigenvalue weighted by atomic mass is 9.87. The number of anilines is 1. The molecule has 1 aromatic carbocycles. The number of carbonyl (C=O) groups is 1. The molecule has 0 bridgehead atoms. The van der Waals surface area contributed by atoms with Gasteiger partial charge in [0.05, 0.1) is 6.04 Å². The average Bonchev–Trinajstić information content (AvgIpc) is 2.26.